The van der Waals surface area contributed by atoms with Gasteiger partial charge < -0.3 is 4.57 Å². The summed E-state index contributed by atoms with van der Waals surface area (Å²) in [6.45, 7) is -0.0370. The van der Waals surface area contributed by atoms with Gasteiger partial charge in [0.15, 0.2) is 16.9 Å². The smallest absolute Gasteiger partial charge is 0.318 e. The first-order chi connectivity index (χ1) is 10.7. The molecule has 0 fully saturated rings. The molecule has 0 unspecified atom stereocenters. The van der Waals surface area contributed by atoms with Crippen molar-refractivity contribution >= 4 is 22.5 Å². The van der Waals surface area contributed by atoms with E-state index < -0.39 is 23.1 Å². The van der Waals surface area contributed by atoms with Crippen molar-refractivity contribution in [3.8, 4) is 0 Å². The van der Waals surface area contributed by atoms with E-state index in [1.165, 1.54) is 29.6 Å². The van der Waals surface area contributed by atoms with Crippen LogP contribution in [0.5, 0.6) is 0 Å². The highest BCUT2D eigenvalue weighted by molar-refractivity contribution is 7.09. The van der Waals surface area contributed by atoms with Gasteiger partial charge >= 0.3 is 11.9 Å². The second-order valence-electron chi connectivity index (χ2n) is 4.87. The van der Waals surface area contributed by atoms with Crippen molar-refractivity contribution in [2.24, 2.45) is 14.1 Å². The van der Waals surface area contributed by atoms with Crippen LogP contribution in [0.2, 0.25) is 0 Å². The number of rotatable bonds is 2. The van der Waals surface area contributed by atoms with Gasteiger partial charge in [-0.1, -0.05) is 0 Å². The normalized spacial score (nSPS) is 12.2. The molecule has 11 heteroatoms. The molecule has 0 spiro atoms. The zero-order chi connectivity index (χ0) is 16.9. The highest BCUT2D eigenvalue weighted by Crippen LogP contribution is 2.30. The highest BCUT2D eigenvalue weighted by atomic mass is 32.1. The van der Waals surface area contributed by atoms with Gasteiger partial charge in [0, 0.05) is 19.5 Å². The second kappa shape index (κ2) is 5.05. The van der Waals surface area contributed by atoms with Gasteiger partial charge in [-0.25, -0.2) is 14.8 Å². The fourth-order valence-corrected chi connectivity index (χ4v) is 2.97. The third-order valence-electron chi connectivity index (χ3n) is 3.36. The Morgan fingerprint density at radius 1 is 1.22 bits per heavy atom. The average Bonchev–Trinajstić information content (AvgIpc) is 3.10. The molecule has 0 aliphatic carbocycles. The molecular weight excluding hydrogens is 335 g/mol. The standard InChI is InChI=1S/C12H10F3N5O2S/c1-18-9-8(10(21)19(2)11(18)22)20(5-16-9)3-7-17-6(4-23-7)12(13,14)15/h4-5H,3H2,1-2H3. The van der Waals surface area contributed by atoms with Gasteiger partial charge in [0.05, 0.1) is 12.9 Å². The fraction of sp³-hybridized carbons (Fsp3) is 0.333. The number of aryl methyl sites for hydroxylation is 1. The van der Waals surface area contributed by atoms with Gasteiger partial charge in [-0.2, -0.15) is 13.2 Å². The predicted octanol–water partition coefficient (Wildman–Crippen LogP) is 0.957. The Hall–Kier alpha value is -2.43. The number of thiazole rings is 1. The van der Waals surface area contributed by atoms with Crippen molar-refractivity contribution in [1.29, 1.82) is 0 Å². The van der Waals surface area contributed by atoms with E-state index in [1.54, 1.807) is 0 Å². The van der Waals surface area contributed by atoms with Gasteiger partial charge in [0.25, 0.3) is 5.56 Å². The third-order valence-corrected chi connectivity index (χ3v) is 4.20. The van der Waals surface area contributed by atoms with E-state index in [2.05, 4.69) is 9.97 Å². The summed E-state index contributed by atoms with van der Waals surface area (Å²) in [6.07, 6.45) is -3.20. The number of nitrogens with zero attached hydrogens (tertiary/aromatic N) is 5. The molecule has 0 saturated carbocycles. The first-order valence-corrected chi connectivity index (χ1v) is 7.20. The van der Waals surface area contributed by atoms with Gasteiger partial charge in [0.1, 0.15) is 5.01 Å². The van der Waals surface area contributed by atoms with Crippen molar-refractivity contribution in [3.05, 3.63) is 43.2 Å². The monoisotopic (exact) mass is 345 g/mol. The molecule has 23 heavy (non-hydrogen) atoms. The first kappa shape index (κ1) is 15.5. The molecular formula is C12H10F3N5O2S. The third kappa shape index (κ3) is 2.46. The molecule has 0 aromatic carbocycles. The Balaban J connectivity index is 2.10. The Morgan fingerprint density at radius 2 is 1.91 bits per heavy atom. The Kier molecular flexibility index (Phi) is 3.39. The predicted molar refractivity (Wildman–Crippen MR) is 76.4 cm³/mol. The number of alkyl halides is 3. The maximum Gasteiger partial charge on any atom is 0.434 e. The van der Waals surface area contributed by atoms with E-state index in [1.807, 2.05) is 0 Å². The largest absolute Gasteiger partial charge is 0.434 e. The van der Waals surface area contributed by atoms with Crippen LogP contribution in [-0.2, 0) is 26.8 Å². The minimum Gasteiger partial charge on any atom is -0.318 e. The SMILES string of the molecule is Cn1c(=O)c2c(ncn2Cc2nc(C(F)(F)F)cs2)n(C)c1=O. The summed E-state index contributed by atoms with van der Waals surface area (Å²) in [6, 6.07) is 0. The lowest BCUT2D eigenvalue weighted by atomic mass is 10.4. The van der Waals surface area contributed by atoms with Crippen LogP contribution >= 0.6 is 11.3 Å². The lowest BCUT2D eigenvalue weighted by molar-refractivity contribution is -0.140. The van der Waals surface area contributed by atoms with E-state index >= 15 is 0 Å². The molecule has 0 radical (unpaired) electrons. The highest BCUT2D eigenvalue weighted by Gasteiger charge is 2.33. The van der Waals surface area contributed by atoms with Crippen LogP contribution in [0.3, 0.4) is 0 Å². The number of fused-ring (bicyclic) bond motifs is 1. The Morgan fingerprint density at radius 3 is 2.52 bits per heavy atom. The molecule has 122 valence electrons. The lowest BCUT2D eigenvalue weighted by Gasteiger charge is -2.05. The summed E-state index contributed by atoms with van der Waals surface area (Å²) in [4.78, 5) is 31.6. The molecule has 3 aromatic heterocycles. The first-order valence-electron chi connectivity index (χ1n) is 6.32. The van der Waals surface area contributed by atoms with E-state index in [0.29, 0.717) is 0 Å². The molecule has 3 aromatic rings. The maximum absolute atomic E-state index is 12.6. The van der Waals surface area contributed by atoms with Crippen molar-refractivity contribution in [1.82, 2.24) is 23.7 Å². The minimum atomic E-state index is -4.51. The van der Waals surface area contributed by atoms with Crippen molar-refractivity contribution in [2.45, 2.75) is 12.7 Å². The number of hydrogen-bond donors (Lipinski definition) is 0. The number of halogens is 3. The van der Waals surface area contributed by atoms with E-state index in [-0.39, 0.29) is 22.7 Å². The molecule has 0 amide bonds. The second-order valence-corrected chi connectivity index (χ2v) is 5.82. The van der Waals surface area contributed by atoms with Crippen molar-refractivity contribution < 1.29 is 13.2 Å². The number of hydrogen-bond acceptors (Lipinski definition) is 5. The molecule has 0 bridgehead atoms. The minimum absolute atomic E-state index is 0.0370. The molecule has 0 aliphatic heterocycles. The van der Waals surface area contributed by atoms with Crippen molar-refractivity contribution in [2.75, 3.05) is 0 Å². The number of imidazole rings is 1. The zero-order valence-corrected chi connectivity index (χ0v) is 12.8. The molecule has 3 heterocycles. The lowest BCUT2D eigenvalue weighted by Crippen LogP contribution is -2.37. The zero-order valence-electron chi connectivity index (χ0n) is 12.0. The topological polar surface area (TPSA) is 74.7 Å². The molecule has 7 nitrogen and oxygen atoms in total. The van der Waals surface area contributed by atoms with E-state index in [0.717, 1.165) is 21.3 Å². The van der Waals surface area contributed by atoms with Gasteiger partial charge in [-0.3, -0.25) is 13.9 Å². The number of aromatic nitrogens is 5. The van der Waals surface area contributed by atoms with E-state index in [4.69, 9.17) is 0 Å². The quantitative estimate of drug-likeness (QED) is 0.693. The molecule has 0 N–H and O–H groups in total. The van der Waals surface area contributed by atoms with Gasteiger partial charge in [-0.05, 0) is 0 Å². The molecule has 3 rings (SSSR count). The summed E-state index contributed by atoms with van der Waals surface area (Å²) < 4.78 is 41.3. The van der Waals surface area contributed by atoms with Crippen LogP contribution in [0.25, 0.3) is 11.2 Å². The summed E-state index contributed by atoms with van der Waals surface area (Å²) >= 11 is 0.844. The Labute approximate surface area is 130 Å². The van der Waals surface area contributed by atoms with Crippen LogP contribution in [0.4, 0.5) is 13.2 Å². The summed E-state index contributed by atoms with van der Waals surface area (Å²) in [5, 5.41) is 1.11. The van der Waals surface area contributed by atoms with E-state index in [9.17, 15) is 22.8 Å². The maximum atomic E-state index is 12.6. The van der Waals surface area contributed by atoms with Gasteiger partial charge in [-0.15, -0.1) is 11.3 Å². The van der Waals surface area contributed by atoms with Crippen LogP contribution < -0.4 is 11.2 Å². The van der Waals surface area contributed by atoms with Crippen LogP contribution in [0.15, 0.2) is 21.3 Å². The summed E-state index contributed by atoms with van der Waals surface area (Å²) in [5.41, 5.74) is -1.75. The molecule has 0 saturated heterocycles. The van der Waals surface area contributed by atoms with Crippen LogP contribution in [-0.4, -0.2) is 23.7 Å². The summed E-state index contributed by atoms with van der Waals surface area (Å²) in [5.74, 6) is 0. The van der Waals surface area contributed by atoms with Gasteiger partial charge in [0.2, 0.25) is 0 Å². The molecule has 0 atom stereocenters. The Bertz CT molecular complexity index is 1010. The summed E-state index contributed by atoms with van der Waals surface area (Å²) in [7, 11) is 2.79. The van der Waals surface area contributed by atoms with Crippen molar-refractivity contribution in [3.63, 3.8) is 0 Å². The van der Waals surface area contributed by atoms with Crippen LogP contribution in [0, 0.1) is 0 Å². The fourth-order valence-electron chi connectivity index (χ4n) is 2.18. The molecule has 0 aliphatic rings. The van der Waals surface area contributed by atoms with Crippen LogP contribution in [0.1, 0.15) is 10.7 Å². The average molecular weight is 345 g/mol.